The van der Waals surface area contributed by atoms with Crippen molar-refractivity contribution in [2.45, 2.75) is 26.2 Å². The Labute approximate surface area is 118 Å². The molecule has 0 spiro atoms. The number of carbonyl (C=O) groups excluding carboxylic acids is 1. The molecule has 0 aliphatic carbocycles. The van der Waals surface area contributed by atoms with Crippen LogP contribution in [0, 0.1) is 0 Å². The van der Waals surface area contributed by atoms with E-state index in [1.54, 1.807) is 30.9 Å². The van der Waals surface area contributed by atoms with Gasteiger partial charge in [0.1, 0.15) is 5.75 Å². The van der Waals surface area contributed by atoms with E-state index in [1.165, 1.54) is 0 Å². The largest absolute Gasteiger partial charge is 0.492 e. The Bertz CT molecular complexity index is 555. The summed E-state index contributed by atoms with van der Waals surface area (Å²) >= 11 is 0. The third-order valence-electron chi connectivity index (χ3n) is 2.90. The molecular formula is C16H18N2O2. The van der Waals surface area contributed by atoms with E-state index < -0.39 is 0 Å². The van der Waals surface area contributed by atoms with Gasteiger partial charge in [-0.1, -0.05) is 6.92 Å². The number of ketones is 1. The van der Waals surface area contributed by atoms with Crippen molar-refractivity contribution >= 4 is 5.78 Å². The maximum absolute atomic E-state index is 12.1. The van der Waals surface area contributed by atoms with Crippen LogP contribution in [-0.4, -0.2) is 22.4 Å². The molecule has 0 saturated heterocycles. The second-order valence-corrected chi connectivity index (χ2v) is 4.54. The summed E-state index contributed by atoms with van der Waals surface area (Å²) in [6.45, 7) is 2.67. The van der Waals surface area contributed by atoms with Gasteiger partial charge in [0.05, 0.1) is 12.8 Å². The Hall–Kier alpha value is -2.23. The lowest BCUT2D eigenvalue weighted by Gasteiger charge is -2.06. The fourth-order valence-electron chi connectivity index (χ4n) is 1.82. The average Bonchev–Trinajstić information content (AvgIpc) is 2.52. The zero-order valence-electron chi connectivity index (χ0n) is 11.6. The number of hydrogen-bond donors (Lipinski definition) is 0. The van der Waals surface area contributed by atoms with Crippen molar-refractivity contribution in [3.63, 3.8) is 0 Å². The highest BCUT2D eigenvalue weighted by Crippen LogP contribution is 2.14. The van der Waals surface area contributed by atoms with E-state index in [9.17, 15) is 4.79 Å². The lowest BCUT2D eigenvalue weighted by Crippen LogP contribution is -2.03. The smallest absolute Gasteiger partial charge is 0.164 e. The minimum Gasteiger partial charge on any atom is -0.492 e. The van der Waals surface area contributed by atoms with Crippen LogP contribution in [0.2, 0.25) is 0 Å². The van der Waals surface area contributed by atoms with Gasteiger partial charge in [-0.15, -0.1) is 0 Å². The number of aromatic nitrogens is 2. The Kier molecular flexibility index (Phi) is 5.24. The van der Waals surface area contributed by atoms with Gasteiger partial charge >= 0.3 is 0 Å². The molecule has 0 fully saturated rings. The maximum atomic E-state index is 12.1. The number of hydrogen-bond acceptors (Lipinski definition) is 4. The molecule has 20 heavy (non-hydrogen) atoms. The Balaban J connectivity index is 1.95. The molecule has 0 atom stereocenters. The summed E-state index contributed by atoms with van der Waals surface area (Å²) in [7, 11) is 0. The van der Waals surface area contributed by atoms with Crippen LogP contribution in [0.4, 0.5) is 0 Å². The van der Waals surface area contributed by atoms with Crippen LogP contribution < -0.4 is 4.74 Å². The van der Waals surface area contributed by atoms with Gasteiger partial charge in [0, 0.05) is 30.6 Å². The van der Waals surface area contributed by atoms with Crippen LogP contribution in [0.3, 0.4) is 0 Å². The molecule has 0 aliphatic rings. The number of ether oxygens (including phenoxy) is 1. The molecule has 0 radical (unpaired) electrons. The third-order valence-corrected chi connectivity index (χ3v) is 2.90. The number of nitrogens with zero attached hydrogens (tertiary/aromatic N) is 2. The van der Waals surface area contributed by atoms with Crippen molar-refractivity contribution in [1.82, 2.24) is 9.97 Å². The van der Waals surface area contributed by atoms with Gasteiger partial charge < -0.3 is 4.74 Å². The van der Waals surface area contributed by atoms with Gasteiger partial charge in [-0.25, -0.2) is 0 Å². The van der Waals surface area contributed by atoms with E-state index in [0.29, 0.717) is 30.8 Å². The minimum atomic E-state index is 0.0799. The summed E-state index contributed by atoms with van der Waals surface area (Å²) in [6, 6.07) is 5.61. The van der Waals surface area contributed by atoms with Crippen LogP contribution >= 0.6 is 0 Å². The number of Topliss-reactive ketones (excluding diaryl/α,β-unsaturated/α-hetero) is 1. The molecule has 0 bridgehead atoms. The monoisotopic (exact) mass is 270 g/mol. The first-order chi connectivity index (χ1) is 9.79. The molecule has 0 aliphatic heterocycles. The summed E-state index contributed by atoms with van der Waals surface area (Å²) in [5, 5.41) is 0. The van der Waals surface area contributed by atoms with Gasteiger partial charge in [0.15, 0.2) is 5.78 Å². The van der Waals surface area contributed by atoms with Crippen molar-refractivity contribution in [1.29, 1.82) is 0 Å². The molecule has 2 aromatic rings. The molecule has 2 aromatic heterocycles. The molecule has 104 valence electrons. The van der Waals surface area contributed by atoms with Gasteiger partial charge in [0.2, 0.25) is 0 Å². The van der Waals surface area contributed by atoms with Gasteiger partial charge in [-0.3, -0.25) is 14.8 Å². The topological polar surface area (TPSA) is 52.1 Å². The first-order valence-corrected chi connectivity index (χ1v) is 6.79. The first kappa shape index (κ1) is 14.2. The minimum absolute atomic E-state index is 0.0799. The second kappa shape index (κ2) is 7.38. The van der Waals surface area contributed by atoms with Gasteiger partial charge in [0.25, 0.3) is 0 Å². The van der Waals surface area contributed by atoms with Crippen LogP contribution in [-0.2, 0) is 6.42 Å². The lowest BCUT2D eigenvalue weighted by atomic mass is 10.0. The van der Waals surface area contributed by atoms with Crippen LogP contribution in [0.25, 0.3) is 0 Å². The number of aryl methyl sites for hydroxylation is 1. The molecule has 0 amide bonds. The molecule has 2 rings (SSSR count). The van der Waals surface area contributed by atoms with Gasteiger partial charge in [-0.2, -0.15) is 0 Å². The number of carbonyl (C=O) groups is 1. The van der Waals surface area contributed by atoms with Crippen molar-refractivity contribution in [2.75, 3.05) is 6.61 Å². The molecule has 0 unspecified atom stereocenters. The van der Waals surface area contributed by atoms with Crippen LogP contribution in [0.1, 0.15) is 35.7 Å². The van der Waals surface area contributed by atoms with E-state index in [0.717, 1.165) is 12.0 Å². The van der Waals surface area contributed by atoms with Crippen molar-refractivity contribution < 1.29 is 9.53 Å². The van der Waals surface area contributed by atoms with Crippen molar-refractivity contribution in [2.24, 2.45) is 0 Å². The highest BCUT2D eigenvalue weighted by molar-refractivity contribution is 5.96. The predicted octanol–water partition coefficient (Wildman–Crippen LogP) is 3.08. The zero-order chi connectivity index (χ0) is 14.2. The van der Waals surface area contributed by atoms with E-state index in [1.807, 2.05) is 19.1 Å². The first-order valence-electron chi connectivity index (χ1n) is 6.79. The zero-order valence-corrected chi connectivity index (χ0v) is 11.6. The summed E-state index contributed by atoms with van der Waals surface area (Å²) in [4.78, 5) is 20.1. The Morgan fingerprint density at radius 1 is 1.20 bits per heavy atom. The molecular weight excluding hydrogens is 252 g/mol. The second-order valence-electron chi connectivity index (χ2n) is 4.54. The number of rotatable bonds is 7. The quantitative estimate of drug-likeness (QED) is 0.725. The molecule has 4 nitrogen and oxygen atoms in total. The summed E-state index contributed by atoms with van der Waals surface area (Å²) in [5.41, 5.74) is 1.72. The average molecular weight is 270 g/mol. The fraction of sp³-hybridized carbons (Fsp3) is 0.312. The lowest BCUT2D eigenvalue weighted by molar-refractivity contribution is 0.0982. The third kappa shape index (κ3) is 4.16. The fourth-order valence-corrected chi connectivity index (χ4v) is 1.82. The highest BCUT2D eigenvalue weighted by atomic mass is 16.5. The summed E-state index contributed by atoms with van der Waals surface area (Å²) in [5.74, 6) is 0.734. The standard InChI is InChI=1S/C16H18N2O2/c1-2-9-20-15-10-14(11-18-12-15)16(19)4-3-13-5-7-17-8-6-13/h5-8,10-12H,2-4,9H2,1H3. The molecule has 2 heterocycles. The molecule has 4 heteroatoms. The summed E-state index contributed by atoms with van der Waals surface area (Å²) in [6.07, 6.45) is 8.80. The Morgan fingerprint density at radius 2 is 2.00 bits per heavy atom. The van der Waals surface area contributed by atoms with E-state index in [4.69, 9.17) is 4.74 Å². The predicted molar refractivity (Wildman–Crippen MR) is 76.9 cm³/mol. The number of pyridine rings is 2. The normalized spacial score (nSPS) is 10.2. The van der Waals surface area contributed by atoms with Crippen molar-refractivity contribution in [3.8, 4) is 5.75 Å². The Morgan fingerprint density at radius 3 is 2.75 bits per heavy atom. The molecule has 0 N–H and O–H groups in total. The molecule has 0 saturated carbocycles. The summed E-state index contributed by atoms with van der Waals surface area (Å²) < 4.78 is 5.49. The van der Waals surface area contributed by atoms with E-state index >= 15 is 0 Å². The van der Waals surface area contributed by atoms with Crippen LogP contribution in [0.5, 0.6) is 5.75 Å². The van der Waals surface area contributed by atoms with Crippen molar-refractivity contribution in [3.05, 3.63) is 54.1 Å². The van der Waals surface area contributed by atoms with E-state index in [2.05, 4.69) is 9.97 Å². The SMILES string of the molecule is CCCOc1cncc(C(=O)CCc2ccncc2)c1. The molecule has 0 aromatic carbocycles. The van der Waals surface area contributed by atoms with E-state index in [-0.39, 0.29) is 5.78 Å². The van der Waals surface area contributed by atoms with Crippen LogP contribution in [0.15, 0.2) is 43.0 Å². The highest BCUT2D eigenvalue weighted by Gasteiger charge is 2.08. The van der Waals surface area contributed by atoms with Gasteiger partial charge in [-0.05, 0) is 36.6 Å². The maximum Gasteiger partial charge on any atom is 0.164 e.